The summed E-state index contributed by atoms with van der Waals surface area (Å²) in [4.78, 5) is 4.21. The van der Waals surface area contributed by atoms with Crippen molar-refractivity contribution in [1.82, 2.24) is 4.98 Å². The predicted molar refractivity (Wildman–Crippen MR) is 52.6 cm³/mol. The third kappa shape index (κ3) is 2.00. The van der Waals surface area contributed by atoms with E-state index in [0.29, 0.717) is 0 Å². The molecular formula is C11H13NO. The lowest BCUT2D eigenvalue weighted by atomic mass is 9.90. The molecule has 13 heavy (non-hydrogen) atoms. The first-order valence-electron chi connectivity index (χ1n) is 4.08. The number of hydrogen-bond donors (Lipinski definition) is 0. The maximum atomic E-state index is 5.40. The van der Waals surface area contributed by atoms with Gasteiger partial charge in [0.05, 0.1) is 18.2 Å². The molecule has 2 nitrogen and oxygen atoms in total. The second-order valence-corrected chi connectivity index (χ2v) is 3.35. The van der Waals surface area contributed by atoms with E-state index >= 15 is 0 Å². The van der Waals surface area contributed by atoms with Crippen LogP contribution in [-0.4, -0.2) is 12.1 Å². The summed E-state index contributed by atoms with van der Waals surface area (Å²) in [5.74, 6) is 3.48. The topological polar surface area (TPSA) is 22.1 Å². The lowest BCUT2D eigenvalue weighted by Gasteiger charge is -2.16. The highest BCUT2D eigenvalue weighted by Gasteiger charge is 2.18. The number of methoxy groups -OCH3 is 1. The van der Waals surface area contributed by atoms with Crippen LogP contribution in [0.2, 0.25) is 0 Å². The van der Waals surface area contributed by atoms with Crippen LogP contribution in [-0.2, 0) is 5.41 Å². The average Bonchev–Trinajstić information content (AvgIpc) is 2.18. The lowest BCUT2D eigenvalue weighted by Crippen LogP contribution is -2.15. The van der Waals surface area contributed by atoms with Gasteiger partial charge in [-0.1, -0.05) is 5.92 Å². The third-order valence-electron chi connectivity index (χ3n) is 1.97. The fourth-order valence-corrected chi connectivity index (χ4v) is 0.954. The molecule has 1 aromatic heterocycles. The predicted octanol–water partition coefficient (Wildman–Crippen LogP) is 2.00. The number of rotatable bonds is 2. The molecule has 0 unspecified atom stereocenters. The van der Waals surface area contributed by atoms with E-state index < -0.39 is 0 Å². The summed E-state index contributed by atoms with van der Waals surface area (Å²) >= 11 is 0. The van der Waals surface area contributed by atoms with Crippen LogP contribution in [0.3, 0.4) is 0 Å². The van der Waals surface area contributed by atoms with Crippen molar-refractivity contribution in [3.63, 3.8) is 0 Å². The van der Waals surface area contributed by atoms with Gasteiger partial charge in [-0.3, -0.25) is 4.98 Å². The van der Waals surface area contributed by atoms with Crippen LogP contribution in [0.4, 0.5) is 0 Å². The van der Waals surface area contributed by atoms with E-state index in [1.54, 1.807) is 19.4 Å². The van der Waals surface area contributed by atoms with E-state index in [1.807, 2.05) is 19.9 Å². The summed E-state index contributed by atoms with van der Waals surface area (Å²) < 4.78 is 5.09. The van der Waals surface area contributed by atoms with Gasteiger partial charge in [0.25, 0.3) is 0 Å². The Morgan fingerprint density at radius 2 is 2.23 bits per heavy atom. The van der Waals surface area contributed by atoms with Gasteiger partial charge in [0, 0.05) is 12.3 Å². The van der Waals surface area contributed by atoms with Crippen LogP contribution in [0.1, 0.15) is 19.5 Å². The standard InChI is InChI=1S/C11H13NO/c1-5-11(2,3)10-8-9(13-4)6-7-12-10/h1,6-8H,2-4H3. The minimum atomic E-state index is -0.339. The number of terminal acetylenes is 1. The SMILES string of the molecule is C#CC(C)(C)c1cc(OC)ccn1. The van der Waals surface area contributed by atoms with Gasteiger partial charge in [-0.05, 0) is 19.9 Å². The molecule has 68 valence electrons. The van der Waals surface area contributed by atoms with E-state index in [1.165, 1.54) is 0 Å². The highest BCUT2D eigenvalue weighted by Crippen LogP contribution is 2.22. The Morgan fingerprint density at radius 1 is 1.54 bits per heavy atom. The van der Waals surface area contributed by atoms with E-state index in [-0.39, 0.29) is 5.41 Å². The van der Waals surface area contributed by atoms with Gasteiger partial charge in [-0.25, -0.2) is 0 Å². The Labute approximate surface area is 79.0 Å². The van der Waals surface area contributed by atoms with Crippen LogP contribution >= 0.6 is 0 Å². The van der Waals surface area contributed by atoms with Crippen molar-refractivity contribution in [1.29, 1.82) is 0 Å². The van der Waals surface area contributed by atoms with Crippen molar-refractivity contribution < 1.29 is 4.74 Å². The van der Waals surface area contributed by atoms with Crippen LogP contribution < -0.4 is 4.74 Å². The van der Waals surface area contributed by atoms with Crippen molar-refractivity contribution in [3.8, 4) is 18.1 Å². The Kier molecular flexibility index (Phi) is 2.57. The first kappa shape index (κ1) is 9.60. The monoisotopic (exact) mass is 175 g/mol. The fourth-order valence-electron chi connectivity index (χ4n) is 0.954. The molecule has 0 saturated heterocycles. The lowest BCUT2D eigenvalue weighted by molar-refractivity contribution is 0.412. The molecule has 0 aliphatic rings. The number of ether oxygens (including phenoxy) is 1. The normalized spacial score (nSPS) is 10.6. The molecule has 0 amide bonds. The molecule has 0 fully saturated rings. The average molecular weight is 175 g/mol. The molecule has 0 aliphatic heterocycles. The van der Waals surface area contributed by atoms with Crippen molar-refractivity contribution in [2.45, 2.75) is 19.3 Å². The summed E-state index contributed by atoms with van der Waals surface area (Å²) in [7, 11) is 1.63. The van der Waals surface area contributed by atoms with Crippen LogP contribution in [0.15, 0.2) is 18.3 Å². The summed E-state index contributed by atoms with van der Waals surface area (Å²) in [5, 5.41) is 0. The molecule has 0 bridgehead atoms. The summed E-state index contributed by atoms with van der Waals surface area (Å²) in [6.45, 7) is 3.91. The maximum Gasteiger partial charge on any atom is 0.122 e. The molecule has 1 aromatic rings. The van der Waals surface area contributed by atoms with Crippen molar-refractivity contribution in [2.75, 3.05) is 7.11 Å². The molecule has 2 heteroatoms. The third-order valence-corrected chi connectivity index (χ3v) is 1.97. The molecule has 0 radical (unpaired) electrons. The van der Waals surface area contributed by atoms with Crippen LogP contribution in [0, 0.1) is 12.3 Å². The number of pyridine rings is 1. The number of aromatic nitrogens is 1. The molecule has 1 rings (SSSR count). The zero-order chi connectivity index (χ0) is 9.90. The largest absolute Gasteiger partial charge is 0.497 e. The van der Waals surface area contributed by atoms with Gasteiger partial charge in [0.1, 0.15) is 5.75 Å². The minimum Gasteiger partial charge on any atom is -0.497 e. The van der Waals surface area contributed by atoms with Crippen LogP contribution in [0.25, 0.3) is 0 Å². The van der Waals surface area contributed by atoms with Gasteiger partial charge in [-0.15, -0.1) is 6.42 Å². The summed E-state index contributed by atoms with van der Waals surface area (Å²) in [5.41, 5.74) is 0.517. The van der Waals surface area contributed by atoms with Crippen LogP contribution in [0.5, 0.6) is 5.75 Å². The first-order chi connectivity index (χ1) is 6.10. The van der Waals surface area contributed by atoms with Crippen molar-refractivity contribution >= 4 is 0 Å². The van der Waals surface area contributed by atoms with E-state index in [9.17, 15) is 0 Å². The minimum absolute atomic E-state index is 0.339. The van der Waals surface area contributed by atoms with Gasteiger partial charge in [-0.2, -0.15) is 0 Å². The van der Waals surface area contributed by atoms with E-state index in [0.717, 1.165) is 11.4 Å². The Balaban J connectivity index is 3.10. The Hall–Kier alpha value is -1.49. The van der Waals surface area contributed by atoms with E-state index in [2.05, 4.69) is 10.9 Å². The Morgan fingerprint density at radius 3 is 2.77 bits per heavy atom. The quantitative estimate of drug-likeness (QED) is 0.641. The van der Waals surface area contributed by atoms with Crippen molar-refractivity contribution in [3.05, 3.63) is 24.0 Å². The van der Waals surface area contributed by atoms with Crippen molar-refractivity contribution in [2.24, 2.45) is 0 Å². The first-order valence-corrected chi connectivity index (χ1v) is 4.08. The summed E-state index contributed by atoms with van der Waals surface area (Å²) in [6.07, 6.45) is 7.10. The summed E-state index contributed by atoms with van der Waals surface area (Å²) in [6, 6.07) is 3.66. The maximum absolute atomic E-state index is 5.40. The number of hydrogen-bond acceptors (Lipinski definition) is 2. The second kappa shape index (κ2) is 3.49. The zero-order valence-corrected chi connectivity index (χ0v) is 8.16. The van der Waals surface area contributed by atoms with Gasteiger partial charge < -0.3 is 4.74 Å². The molecule has 0 saturated carbocycles. The Bertz CT molecular complexity index is 336. The molecule has 0 aliphatic carbocycles. The second-order valence-electron chi connectivity index (χ2n) is 3.35. The smallest absolute Gasteiger partial charge is 0.122 e. The fraction of sp³-hybridized carbons (Fsp3) is 0.364. The molecule has 0 spiro atoms. The zero-order valence-electron chi connectivity index (χ0n) is 8.16. The highest BCUT2D eigenvalue weighted by atomic mass is 16.5. The molecule has 0 N–H and O–H groups in total. The van der Waals surface area contributed by atoms with E-state index in [4.69, 9.17) is 11.2 Å². The van der Waals surface area contributed by atoms with Gasteiger partial charge in [0.15, 0.2) is 0 Å². The molecule has 0 aromatic carbocycles. The van der Waals surface area contributed by atoms with Gasteiger partial charge >= 0.3 is 0 Å². The highest BCUT2D eigenvalue weighted by molar-refractivity contribution is 5.32. The molecule has 1 heterocycles. The molecule has 0 atom stereocenters. The number of nitrogens with zero attached hydrogens (tertiary/aromatic N) is 1. The molecular weight excluding hydrogens is 162 g/mol. The van der Waals surface area contributed by atoms with Gasteiger partial charge in [0.2, 0.25) is 0 Å².